The van der Waals surface area contributed by atoms with E-state index in [1.54, 1.807) is 54.1 Å². The van der Waals surface area contributed by atoms with E-state index in [-0.39, 0.29) is 18.3 Å². The van der Waals surface area contributed by atoms with Crippen molar-refractivity contribution in [1.82, 2.24) is 9.78 Å². The van der Waals surface area contributed by atoms with Crippen LogP contribution >= 0.6 is 0 Å². The molecule has 0 aliphatic carbocycles. The Hall–Kier alpha value is -3.15. The summed E-state index contributed by atoms with van der Waals surface area (Å²) in [7, 11) is 0. The number of carbonyl (C=O) groups excluding carboxylic acids is 1. The maximum Gasteiger partial charge on any atom is 0.248 e. The third kappa shape index (κ3) is 4.53. The van der Waals surface area contributed by atoms with Crippen molar-refractivity contribution in [1.29, 1.82) is 0 Å². The van der Waals surface area contributed by atoms with Crippen molar-refractivity contribution in [3.63, 3.8) is 0 Å². The summed E-state index contributed by atoms with van der Waals surface area (Å²) < 4.78 is 20.9. The van der Waals surface area contributed by atoms with Crippen LogP contribution in [0.25, 0.3) is 0 Å². The van der Waals surface area contributed by atoms with Crippen molar-refractivity contribution in [2.75, 3.05) is 5.32 Å². The van der Waals surface area contributed by atoms with Gasteiger partial charge in [-0.3, -0.25) is 9.48 Å². The highest BCUT2D eigenvalue weighted by atomic mass is 19.1. The van der Waals surface area contributed by atoms with E-state index >= 15 is 0 Å². The molecule has 0 bridgehead atoms. The van der Waals surface area contributed by atoms with Crippen molar-refractivity contribution >= 4 is 11.6 Å². The van der Waals surface area contributed by atoms with E-state index in [2.05, 4.69) is 10.4 Å². The molecule has 0 spiro atoms. The van der Waals surface area contributed by atoms with Crippen LogP contribution in [-0.2, 0) is 11.4 Å². The predicted molar refractivity (Wildman–Crippen MR) is 102 cm³/mol. The summed E-state index contributed by atoms with van der Waals surface area (Å²) in [6.07, 6.45) is 0. The van der Waals surface area contributed by atoms with E-state index in [4.69, 9.17) is 4.74 Å². The lowest BCUT2D eigenvalue weighted by Gasteiger charge is -2.15. The SMILES string of the molecule is Cc1cc(C)n([C@H](C)C(=O)Nc2ccc(OCc3ccccc3F)cc2)n1. The zero-order valence-corrected chi connectivity index (χ0v) is 15.6. The molecule has 0 unspecified atom stereocenters. The van der Waals surface area contributed by atoms with Gasteiger partial charge in [-0.1, -0.05) is 18.2 Å². The molecule has 1 heterocycles. The summed E-state index contributed by atoms with van der Waals surface area (Å²) in [5.74, 6) is 0.156. The summed E-state index contributed by atoms with van der Waals surface area (Å²) in [5, 5.41) is 7.22. The molecule has 1 aromatic heterocycles. The Balaban J connectivity index is 1.59. The first kappa shape index (κ1) is 18.6. The van der Waals surface area contributed by atoms with Crippen molar-refractivity contribution in [2.24, 2.45) is 0 Å². The number of ether oxygens (including phenoxy) is 1. The third-order valence-corrected chi connectivity index (χ3v) is 4.26. The number of rotatable bonds is 6. The molecular formula is C21H22FN3O2. The maximum atomic E-state index is 13.6. The summed E-state index contributed by atoms with van der Waals surface area (Å²) in [6, 6.07) is 15.0. The first-order chi connectivity index (χ1) is 12.9. The van der Waals surface area contributed by atoms with Gasteiger partial charge in [-0.05, 0) is 57.2 Å². The minimum atomic E-state index is -0.421. The lowest BCUT2D eigenvalue weighted by atomic mass is 10.2. The van der Waals surface area contributed by atoms with Gasteiger partial charge in [0.05, 0.1) is 5.69 Å². The van der Waals surface area contributed by atoms with Gasteiger partial charge in [0.1, 0.15) is 24.2 Å². The van der Waals surface area contributed by atoms with Crippen LogP contribution in [0.4, 0.5) is 10.1 Å². The van der Waals surface area contributed by atoms with Gasteiger partial charge < -0.3 is 10.1 Å². The van der Waals surface area contributed by atoms with Gasteiger partial charge in [-0.25, -0.2) is 4.39 Å². The Morgan fingerprint density at radius 3 is 2.52 bits per heavy atom. The fourth-order valence-electron chi connectivity index (χ4n) is 2.81. The fourth-order valence-corrected chi connectivity index (χ4v) is 2.81. The highest BCUT2D eigenvalue weighted by Crippen LogP contribution is 2.19. The number of hydrogen-bond acceptors (Lipinski definition) is 3. The van der Waals surface area contributed by atoms with Gasteiger partial charge in [0, 0.05) is 16.9 Å². The van der Waals surface area contributed by atoms with Crippen molar-refractivity contribution in [3.05, 3.63) is 77.4 Å². The van der Waals surface area contributed by atoms with Gasteiger partial charge in [0.15, 0.2) is 0 Å². The van der Waals surface area contributed by atoms with Crippen molar-refractivity contribution < 1.29 is 13.9 Å². The van der Waals surface area contributed by atoms with Gasteiger partial charge in [-0.15, -0.1) is 0 Å². The van der Waals surface area contributed by atoms with E-state index < -0.39 is 6.04 Å². The normalized spacial score (nSPS) is 11.9. The molecule has 0 saturated heterocycles. The van der Waals surface area contributed by atoms with Gasteiger partial charge >= 0.3 is 0 Å². The number of amides is 1. The largest absolute Gasteiger partial charge is 0.489 e. The maximum absolute atomic E-state index is 13.6. The van der Waals surface area contributed by atoms with E-state index in [1.807, 2.05) is 19.9 Å². The molecule has 0 aliphatic heterocycles. The monoisotopic (exact) mass is 367 g/mol. The zero-order chi connectivity index (χ0) is 19.4. The molecule has 27 heavy (non-hydrogen) atoms. The lowest BCUT2D eigenvalue weighted by molar-refractivity contribution is -0.119. The van der Waals surface area contributed by atoms with Gasteiger partial charge in [0.2, 0.25) is 5.91 Å². The molecule has 1 N–H and O–H groups in total. The number of nitrogens with zero attached hydrogens (tertiary/aromatic N) is 2. The number of halogens is 1. The van der Waals surface area contributed by atoms with Crippen molar-refractivity contribution in [2.45, 2.75) is 33.4 Å². The van der Waals surface area contributed by atoms with Gasteiger partial charge in [0.25, 0.3) is 0 Å². The molecule has 0 saturated carbocycles. The highest BCUT2D eigenvalue weighted by molar-refractivity contribution is 5.93. The molecule has 0 radical (unpaired) electrons. The Kier molecular flexibility index (Phi) is 5.54. The van der Waals surface area contributed by atoms with Crippen molar-refractivity contribution in [3.8, 4) is 5.75 Å². The average Bonchev–Trinajstić information content (AvgIpc) is 2.99. The predicted octanol–water partition coefficient (Wildman–Crippen LogP) is 4.42. The summed E-state index contributed by atoms with van der Waals surface area (Å²) in [6.45, 7) is 5.77. The number of nitrogens with one attached hydrogen (secondary N) is 1. The van der Waals surface area contributed by atoms with Crippen LogP contribution in [0.15, 0.2) is 54.6 Å². The van der Waals surface area contributed by atoms with E-state index in [9.17, 15) is 9.18 Å². The molecule has 140 valence electrons. The minimum Gasteiger partial charge on any atom is -0.489 e. The quantitative estimate of drug-likeness (QED) is 0.702. The molecule has 3 aromatic rings. The Bertz CT molecular complexity index is 935. The molecule has 2 aromatic carbocycles. The lowest BCUT2D eigenvalue weighted by Crippen LogP contribution is -2.25. The number of benzene rings is 2. The second-order valence-corrected chi connectivity index (χ2v) is 6.44. The Morgan fingerprint density at radius 1 is 1.19 bits per heavy atom. The van der Waals surface area contributed by atoms with E-state index in [0.29, 0.717) is 17.0 Å². The molecule has 6 heteroatoms. The molecule has 1 atom stereocenters. The number of aryl methyl sites for hydroxylation is 2. The molecule has 3 rings (SSSR count). The topological polar surface area (TPSA) is 56.2 Å². The van der Waals surface area contributed by atoms with Crippen LogP contribution in [0.2, 0.25) is 0 Å². The van der Waals surface area contributed by atoms with E-state index in [1.165, 1.54) is 6.07 Å². The Morgan fingerprint density at radius 2 is 1.89 bits per heavy atom. The second-order valence-electron chi connectivity index (χ2n) is 6.44. The minimum absolute atomic E-state index is 0.146. The Labute approximate surface area is 157 Å². The summed E-state index contributed by atoms with van der Waals surface area (Å²) in [4.78, 5) is 12.5. The average molecular weight is 367 g/mol. The fraction of sp³-hybridized carbons (Fsp3) is 0.238. The van der Waals surface area contributed by atoms with Crippen LogP contribution in [0, 0.1) is 19.7 Å². The number of anilines is 1. The van der Waals surface area contributed by atoms with Crippen LogP contribution in [0.1, 0.15) is 29.9 Å². The van der Waals surface area contributed by atoms with E-state index in [0.717, 1.165) is 11.4 Å². The number of carbonyl (C=O) groups is 1. The molecular weight excluding hydrogens is 345 g/mol. The standard InChI is InChI=1S/C21H22FN3O2/c1-14-12-15(2)25(24-14)16(3)21(26)23-18-8-10-19(11-9-18)27-13-17-6-4-5-7-20(17)22/h4-12,16H,13H2,1-3H3,(H,23,26)/t16-/m1/s1. The summed E-state index contributed by atoms with van der Waals surface area (Å²) >= 11 is 0. The number of hydrogen-bond donors (Lipinski definition) is 1. The first-order valence-electron chi connectivity index (χ1n) is 8.74. The molecule has 0 aliphatic rings. The highest BCUT2D eigenvalue weighted by Gasteiger charge is 2.18. The molecule has 0 fully saturated rings. The molecule has 1 amide bonds. The van der Waals surface area contributed by atoms with Gasteiger partial charge in [-0.2, -0.15) is 5.10 Å². The zero-order valence-electron chi connectivity index (χ0n) is 15.6. The van der Waals surface area contributed by atoms with Crippen LogP contribution in [-0.4, -0.2) is 15.7 Å². The first-order valence-corrected chi connectivity index (χ1v) is 8.74. The van der Waals surface area contributed by atoms with Crippen LogP contribution < -0.4 is 10.1 Å². The number of aromatic nitrogens is 2. The smallest absolute Gasteiger partial charge is 0.248 e. The summed E-state index contributed by atoms with van der Waals surface area (Å²) in [5.41, 5.74) is 2.97. The second kappa shape index (κ2) is 8.03. The van der Waals surface area contributed by atoms with Crippen LogP contribution in [0.3, 0.4) is 0 Å². The molecule has 5 nitrogen and oxygen atoms in total. The third-order valence-electron chi connectivity index (χ3n) is 4.26. The van der Waals surface area contributed by atoms with Crippen LogP contribution in [0.5, 0.6) is 5.75 Å².